The van der Waals surface area contributed by atoms with Crippen molar-refractivity contribution in [3.63, 3.8) is 0 Å². The second-order valence-corrected chi connectivity index (χ2v) is 6.30. The molecule has 0 aliphatic carbocycles. The maximum Gasteiger partial charge on any atom is 0.272 e. The molecule has 0 spiro atoms. The maximum absolute atomic E-state index is 12.3. The number of carbonyl (C=O) groups is 1. The summed E-state index contributed by atoms with van der Waals surface area (Å²) in [6.07, 6.45) is 2.47. The summed E-state index contributed by atoms with van der Waals surface area (Å²) in [6.45, 7) is 5.48. The molecule has 1 aromatic carbocycles. The quantitative estimate of drug-likeness (QED) is 0.729. The molecule has 6 nitrogen and oxygen atoms in total. The molecule has 2 heterocycles. The summed E-state index contributed by atoms with van der Waals surface area (Å²) in [5.41, 5.74) is 2.46. The number of carbonyl (C=O) groups excluding carboxylic acids is 1. The Morgan fingerprint density at radius 1 is 1.43 bits per heavy atom. The number of hydrogen-bond acceptors (Lipinski definition) is 4. The smallest absolute Gasteiger partial charge is 0.272 e. The van der Waals surface area contributed by atoms with Crippen LogP contribution >= 0.6 is 0 Å². The number of hydrogen-bond donors (Lipinski definition) is 3. The van der Waals surface area contributed by atoms with Gasteiger partial charge in [0.1, 0.15) is 0 Å². The molecule has 1 aliphatic rings. The summed E-state index contributed by atoms with van der Waals surface area (Å²) < 4.78 is 0. The number of aryl methyl sites for hydroxylation is 1. The third kappa shape index (κ3) is 3.89. The van der Waals surface area contributed by atoms with E-state index >= 15 is 0 Å². The Labute approximate surface area is 135 Å². The number of aromatic nitrogens is 2. The molecule has 1 aliphatic heterocycles. The van der Waals surface area contributed by atoms with Gasteiger partial charge in [0.15, 0.2) is 5.69 Å². The van der Waals surface area contributed by atoms with Gasteiger partial charge in [-0.05, 0) is 44.9 Å². The van der Waals surface area contributed by atoms with E-state index in [-0.39, 0.29) is 12.0 Å². The number of rotatable bonds is 5. The van der Waals surface area contributed by atoms with Crippen molar-refractivity contribution in [3.05, 3.63) is 29.5 Å². The lowest BCUT2D eigenvalue weighted by Crippen LogP contribution is -2.37. The predicted octanol–water partition coefficient (Wildman–Crippen LogP) is 1.45. The molecular formula is C17H24N4O2. The van der Waals surface area contributed by atoms with E-state index in [0.29, 0.717) is 12.2 Å². The first-order valence-corrected chi connectivity index (χ1v) is 8.27. The Morgan fingerprint density at radius 2 is 2.22 bits per heavy atom. The summed E-state index contributed by atoms with van der Waals surface area (Å²) in [7, 11) is 0. The van der Waals surface area contributed by atoms with Crippen LogP contribution in [-0.4, -0.2) is 58.4 Å². The van der Waals surface area contributed by atoms with Gasteiger partial charge in [-0.3, -0.25) is 9.89 Å². The van der Waals surface area contributed by atoms with E-state index in [2.05, 4.69) is 20.4 Å². The number of likely N-dealkylation sites (tertiary alicyclic amines) is 1. The van der Waals surface area contributed by atoms with Gasteiger partial charge in [0, 0.05) is 25.0 Å². The molecular weight excluding hydrogens is 292 g/mol. The molecule has 0 unspecified atom stereocenters. The number of aliphatic hydroxyl groups is 1. The summed E-state index contributed by atoms with van der Waals surface area (Å²) in [4.78, 5) is 14.6. The zero-order chi connectivity index (χ0) is 16.2. The first-order chi connectivity index (χ1) is 11.1. The lowest BCUT2D eigenvalue weighted by Gasteiger charge is -2.29. The second-order valence-electron chi connectivity index (χ2n) is 6.30. The van der Waals surface area contributed by atoms with E-state index in [1.54, 1.807) is 0 Å². The van der Waals surface area contributed by atoms with Crippen LogP contribution in [0.4, 0.5) is 0 Å². The minimum Gasteiger partial charge on any atom is -0.393 e. The third-order valence-corrected chi connectivity index (χ3v) is 4.43. The van der Waals surface area contributed by atoms with Crippen LogP contribution in [0.25, 0.3) is 10.9 Å². The second kappa shape index (κ2) is 7.10. The average Bonchev–Trinajstić information content (AvgIpc) is 2.96. The summed E-state index contributed by atoms with van der Waals surface area (Å²) >= 11 is 0. The van der Waals surface area contributed by atoms with Gasteiger partial charge in [0.2, 0.25) is 0 Å². The number of nitrogens with zero attached hydrogens (tertiary/aromatic N) is 2. The Balaban J connectivity index is 1.48. The van der Waals surface area contributed by atoms with Gasteiger partial charge in [-0.2, -0.15) is 5.10 Å². The number of benzene rings is 1. The average molecular weight is 316 g/mol. The topological polar surface area (TPSA) is 81.2 Å². The lowest BCUT2D eigenvalue weighted by atomic mass is 10.1. The van der Waals surface area contributed by atoms with Crippen molar-refractivity contribution in [2.45, 2.75) is 32.3 Å². The fraction of sp³-hybridized carbons (Fsp3) is 0.529. The number of H-pyrrole nitrogens is 1. The molecule has 23 heavy (non-hydrogen) atoms. The Bertz CT molecular complexity index is 674. The minimum absolute atomic E-state index is 0.129. The third-order valence-electron chi connectivity index (χ3n) is 4.43. The predicted molar refractivity (Wildman–Crippen MR) is 89.5 cm³/mol. The molecule has 3 N–H and O–H groups in total. The summed E-state index contributed by atoms with van der Waals surface area (Å²) in [6, 6.07) is 5.92. The van der Waals surface area contributed by atoms with Crippen LogP contribution in [0.5, 0.6) is 0 Å². The molecule has 6 heteroatoms. The fourth-order valence-electron chi connectivity index (χ4n) is 3.03. The highest BCUT2D eigenvalue weighted by Gasteiger charge is 2.17. The number of aromatic amines is 1. The Kier molecular flexibility index (Phi) is 4.93. The van der Waals surface area contributed by atoms with Gasteiger partial charge in [0.25, 0.3) is 5.91 Å². The van der Waals surface area contributed by atoms with Crippen LogP contribution in [-0.2, 0) is 0 Å². The largest absolute Gasteiger partial charge is 0.393 e. The molecule has 2 aromatic rings. The minimum atomic E-state index is -0.137. The van der Waals surface area contributed by atoms with E-state index < -0.39 is 0 Å². The van der Waals surface area contributed by atoms with Crippen LogP contribution in [0.3, 0.4) is 0 Å². The van der Waals surface area contributed by atoms with Gasteiger partial charge < -0.3 is 15.3 Å². The van der Waals surface area contributed by atoms with Crippen molar-refractivity contribution in [1.29, 1.82) is 0 Å². The van der Waals surface area contributed by atoms with Crippen molar-refractivity contribution >= 4 is 16.8 Å². The van der Waals surface area contributed by atoms with Crippen molar-refractivity contribution in [2.24, 2.45) is 0 Å². The van der Waals surface area contributed by atoms with Crippen molar-refractivity contribution in [1.82, 2.24) is 20.4 Å². The highest BCUT2D eigenvalue weighted by molar-refractivity contribution is 6.04. The maximum atomic E-state index is 12.3. The van der Waals surface area contributed by atoms with Crippen molar-refractivity contribution < 1.29 is 9.90 Å². The number of amides is 1. The molecule has 124 valence electrons. The summed E-state index contributed by atoms with van der Waals surface area (Å²) in [5.74, 6) is -0.129. The van der Waals surface area contributed by atoms with Crippen LogP contribution in [0.15, 0.2) is 18.2 Å². The molecule has 0 bridgehead atoms. The first-order valence-electron chi connectivity index (χ1n) is 8.27. The molecule has 1 amide bonds. The van der Waals surface area contributed by atoms with Crippen molar-refractivity contribution in [3.8, 4) is 0 Å². The Morgan fingerprint density at radius 3 is 3.00 bits per heavy atom. The van der Waals surface area contributed by atoms with Crippen LogP contribution < -0.4 is 5.32 Å². The van der Waals surface area contributed by atoms with Crippen LogP contribution in [0, 0.1) is 6.92 Å². The molecule has 0 atom stereocenters. The van der Waals surface area contributed by atoms with Gasteiger partial charge in [-0.15, -0.1) is 0 Å². The summed E-state index contributed by atoms with van der Waals surface area (Å²) in [5, 5.41) is 20.3. The molecule has 1 aromatic heterocycles. The van der Waals surface area contributed by atoms with Gasteiger partial charge in [-0.25, -0.2) is 0 Å². The monoisotopic (exact) mass is 316 g/mol. The fourth-order valence-corrected chi connectivity index (χ4v) is 3.03. The standard InChI is InChI=1S/C17H24N4O2/c1-12-3-4-15-14(11-12)16(20-19-15)17(23)18-7-2-8-21-9-5-13(22)6-10-21/h3-4,11,13,22H,2,5-10H2,1H3,(H,18,23)(H,19,20). The normalized spacial score (nSPS) is 16.8. The molecule has 0 saturated carbocycles. The highest BCUT2D eigenvalue weighted by atomic mass is 16.3. The van der Waals surface area contributed by atoms with Gasteiger partial charge >= 0.3 is 0 Å². The van der Waals surface area contributed by atoms with Crippen LogP contribution in [0.2, 0.25) is 0 Å². The molecule has 1 saturated heterocycles. The van der Waals surface area contributed by atoms with Crippen LogP contribution in [0.1, 0.15) is 35.3 Å². The van der Waals surface area contributed by atoms with Gasteiger partial charge in [0.05, 0.1) is 11.6 Å². The van der Waals surface area contributed by atoms with E-state index in [1.807, 2.05) is 25.1 Å². The first kappa shape index (κ1) is 16.0. The highest BCUT2D eigenvalue weighted by Crippen LogP contribution is 2.17. The lowest BCUT2D eigenvalue weighted by molar-refractivity contribution is 0.0816. The number of fused-ring (bicyclic) bond motifs is 1. The zero-order valence-corrected chi connectivity index (χ0v) is 13.5. The zero-order valence-electron chi connectivity index (χ0n) is 13.5. The van der Waals surface area contributed by atoms with Gasteiger partial charge in [-0.1, -0.05) is 11.6 Å². The van der Waals surface area contributed by atoms with E-state index in [9.17, 15) is 9.90 Å². The van der Waals surface area contributed by atoms with Crippen molar-refractivity contribution in [2.75, 3.05) is 26.2 Å². The Hall–Kier alpha value is -1.92. The number of aliphatic hydroxyl groups excluding tert-OH is 1. The van der Waals surface area contributed by atoms with E-state index in [0.717, 1.165) is 55.4 Å². The molecule has 0 radical (unpaired) electrons. The molecule has 1 fully saturated rings. The SMILES string of the molecule is Cc1ccc2[nH]nc(C(=O)NCCCN3CCC(O)CC3)c2c1. The number of nitrogens with one attached hydrogen (secondary N) is 2. The van der Waals surface area contributed by atoms with E-state index in [1.165, 1.54) is 0 Å². The molecule has 3 rings (SSSR count). The number of piperidine rings is 1. The van der Waals surface area contributed by atoms with E-state index in [4.69, 9.17) is 0 Å².